The van der Waals surface area contributed by atoms with E-state index in [2.05, 4.69) is 76.7 Å². The van der Waals surface area contributed by atoms with Gasteiger partial charge in [0.2, 0.25) is 23.6 Å². The molecule has 0 bridgehead atoms. The van der Waals surface area contributed by atoms with Crippen molar-refractivity contribution in [3.8, 4) is 11.1 Å². The fourth-order valence-corrected chi connectivity index (χ4v) is 4.34. The molecule has 2 aromatic carbocycles. The van der Waals surface area contributed by atoms with Crippen molar-refractivity contribution in [1.82, 2.24) is 21.3 Å². The highest BCUT2D eigenvalue weighted by Crippen LogP contribution is 2.18. The Bertz CT molecular complexity index is 1200. The molecule has 214 valence electrons. The molecule has 0 aliphatic carbocycles. The van der Waals surface area contributed by atoms with Crippen LogP contribution in [0.2, 0.25) is 0 Å². The Balaban J connectivity index is 0.000000355. The first kappa shape index (κ1) is 32.2. The van der Waals surface area contributed by atoms with E-state index in [0.717, 1.165) is 11.3 Å². The van der Waals surface area contributed by atoms with Crippen molar-refractivity contribution < 1.29 is 19.2 Å². The molecule has 0 saturated heterocycles. The van der Waals surface area contributed by atoms with Gasteiger partial charge in [-0.05, 0) is 49.8 Å². The van der Waals surface area contributed by atoms with Gasteiger partial charge in [-0.1, -0.05) is 73.2 Å². The highest BCUT2D eigenvalue weighted by Gasteiger charge is 2.23. The van der Waals surface area contributed by atoms with Crippen molar-refractivity contribution >= 4 is 35.0 Å². The Kier molecular flexibility index (Phi) is 14.2. The molecule has 0 aliphatic heterocycles. The Morgan fingerprint density at radius 3 is 2.05 bits per heavy atom. The lowest BCUT2D eigenvalue weighted by molar-refractivity contribution is -0.133. The van der Waals surface area contributed by atoms with E-state index in [0.29, 0.717) is 6.54 Å². The first-order valence-electron chi connectivity index (χ1n) is 13.5. The molecule has 3 rings (SSSR count). The summed E-state index contributed by atoms with van der Waals surface area (Å²) in [6, 6.07) is 21.9. The quantitative estimate of drug-likeness (QED) is 0.249. The van der Waals surface area contributed by atoms with Crippen molar-refractivity contribution in [2.75, 3.05) is 13.1 Å². The van der Waals surface area contributed by atoms with E-state index in [1.54, 1.807) is 6.92 Å². The van der Waals surface area contributed by atoms with Gasteiger partial charge in [0.05, 0.1) is 6.54 Å². The van der Waals surface area contributed by atoms with Gasteiger partial charge in [-0.3, -0.25) is 19.2 Å². The van der Waals surface area contributed by atoms with Crippen LogP contribution in [-0.4, -0.2) is 48.8 Å². The molecule has 8 nitrogen and oxygen atoms in total. The van der Waals surface area contributed by atoms with Gasteiger partial charge >= 0.3 is 0 Å². The maximum atomic E-state index is 12.5. The van der Waals surface area contributed by atoms with Gasteiger partial charge in [-0.15, -0.1) is 11.3 Å². The molecule has 0 spiro atoms. The Labute approximate surface area is 241 Å². The number of nitrogens with one attached hydrogen (secondary N) is 4. The van der Waals surface area contributed by atoms with Crippen molar-refractivity contribution in [3.05, 3.63) is 82.6 Å². The first-order chi connectivity index (χ1) is 19.2. The van der Waals surface area contributed by atoms with Gasteiger partial charge in [0.25, 0.3) is 0 Å². The van der Waals surface area contributed by atoms with Crippen LogP contribution in [0.1, 0.15) is 44.1 Å². The summed E-state index contributed by atoms with van der Waals surface area (Å²) in [7, 11) is 0. The third-order valence-electron chi connectivity index (χ3n) is 5.93. The Hall–Kier alpha value is -3.98. The molecule has 1 heterocycles. The predicted octanol–water partition coefficient (Wildman–Crippen LogP) is 3.99. The summed E-state index contributed by atoms with van der Waals surface area (Å²) in [6.07, 6.45) is 0.727. The number of rotatable bonds is 12. The minimum atomic E-state index is -0.859. The van der Waals surface area contributed by atoms with Crippen LogP contribution in [0.4, 0.5) is 0 Å². The fourth-order valence-electron chi connectivity index (χ4n) is 3.59. The number of thiophene rings is 1. The van der Waals surface area contributed by atoms with E-state index in [9.17, 15) is 19.2 Å². The van der Waals surface area contributed by atoms with Crippen LogP contribution in [-0.2, 0) is 25.6 Å². The zero-order valence-electron chi connectivity index (χ0n) is 23.7. The van der Waals surface area contributed by atoms with E-state index in [1.165, 1.54) is 28.0 Å². The topological polar surface area (TPSA) is 116 Å². The van der Waals surface area contributed by atoms with Gasteiger partial charge < -0.3 is 21.3 Å². The molecule has 0 radical (unpaired) electrons. The Morgan fingerprint density at radius 2 is 1.45 bits per heavy atom. The lowest BCUT2D eigenvalue weighted by Crippen LogP contribution is -2.51. The second-order valence-corrected chi connectivity index (χ2v) is 10.4. The van der Waals surface area contributed by atoms with E-state index < -0.39 is 23.8 Å². The fraction of sp³-hybridized carbons (Fsp3) is 0.355. The highest BCUT2D eigenvalue weighted by atomic mass is 32.1. The van der Waals surface area contributed by atoms with Gasteiger partial charge in [0, 0.05) is 23.9 Å². The van der Waals surface area contributed by atoms with Gasteiger partial charge in [0.1, 0.15) is 12.5 Å². The molecule has 0 fully saturated rings. The summed E-state index contributed by atoms with van der Waals surface area (Å²) < 4.78 is 0. The minimum absolute atomic E-state index is 0.0214. The van der Waals surface area contributed by atoms with Gasteiger partial charge in [0.15, 0.2) is 0 Å². The summed E-state index contributed by atoms with van der Waals surface area (Å²) in [6.45, 7) is 7.95. The molecular formula is C31H40N4O4S. The van der Waals surface area contributed by atoms with Crippen LogP contribution >= 0.6 is 11.3 Å². The normalized spacial score (nSPS) is 11.7. The SMILES string of the molecule is CCNC(=O)CC(=O)N[C@H](Cc1cccs1)C(=O)NCC(=O)N[C@@H](C)CC.Cc1ccc(-c2ccccc2)cc1. The molecule has 1 aromatic heterocycles. The van der Waals surface area contributed by atoms with E-state index in [1.807, 2.05) is 37.4 Å². The second-order valence-electron chi connectivity index (χ2n) is 9.36. The van der Waals surface area contributed by atoms with Crippen molar-refractivity contribution in [2.24, 2.45) is 0 Å². The van der Waals surface area contributed by atoms with Crippen molar-refractivity contribution in [1.29, 1.82) is 0 Å². The molecule has 2 atom stereocenters. The van der Waals surface area contributed by atoms with Crippen LogP contribution in [0.3, 0.4) is 0 Å². The van der Waals surface area contributed by atoms with Crippen molar-refractivity contribution in [2.45, 2.75) is 59.0 Å². The van der Waals surface area contributed by atoms with Crippen LogP contribution in [0.5, 0.6) is 0 Å². The number of carbonyl (C=O) groups is 4. The van der Waals surface area contributed by atoms with Crippen LogP contribution in [0.25, 0.3) is 11.1 Å². The second kappa shape index (κ2) is 17.6. The Morgan fingerprint density at radius 1 is 0.775 bits per heavy atom. The number of benzene rings is 2. The maximum absolute atomic E-state index is 12.5. The maximum Gasteiger partial charge on any atom is 0.243 e. The summed E-state index contributed by atoms with van der Waals surface area (Å²) in [4.78, 5) is 48.8. The standard InChI is InChI=1S/C18H28N4O4S.C13H12/c1-4-12(3)21-17(25)11-20-18(26)14(9-13-7-6-8-27-13)22-16(24)10-15(23)19-5-2;1-11-7-9-13(10-8-11)12-5-3-2-4-6-12/h6-8,12,14H,4-5,9-11H2,1-3H3,(H,19,23)(H,20,26)(H,21,25)(H,22,24);2-10H,1H3/t12-,14+;/m0./s1. The molecule has 4 amide bonds. The molecule has 40 heavy (non-hydrogen) atoms. The molecule has 0 saturated carbocycles. The summed E-state index contributed by atoms with van der Waals surface area (Å²) in [5.41, 5.74) is 3.87. The van der Waals surface area contributed by atoms with Crippen LogP contribution in [0, 0.1) is 6.92 Å². The smallest absolute Gasteiger partial charge is 0.243 e. The largest absolute Gasteiger partial charge is 0.356 e. The van der Waals surface area contributed by atoms with Crippen LogP contribution < -0.4 is 21.3 Å². The molecule has 0 unspecified atom stereocenters. The number of amides is 4. The number of carbonyl (C=O) groups excluding carboxylic acids is 4. The molecule has 0 aliphatic rings. The summed E-state index contributed by atoms with van der Waals surface area (Å²) in [5.74, 6) is -1.70. The van der Waals surface area contributed by atoms with E-state index >= 15 is 0 Å². The van der Waals surface area contributed by atoms with E-state index in [4.69, 9.17) is 0 Å². The van der Waals surface area contributed by atoms with Crippen molar-refractivity contribution in [3.63, 3.8) is 0 Å². The minimum Gasteiger partial charge on any atom is -0.356 e. The third-order valence-corrected chi connectivity index (χ3v) is 6.83. The zero-order chi connectivity index (χ0) is 29.3. The number of hydrogen-bond donors (Lipinski definition) is 4. The predicted molar refractivity (Wildman–Crippen MR) is 161 cm³/mol. The third kappa shape index (κ3) is 12.3. The molecular weight excluding hydrogens is 524 g/mol. The average Bonchev–Trinajstić information content (AvgIpc) is 3.46. The first-order valence-corrected chi connectivity index (χ1v) is 14.4. The average molecular weight is 565 g/mol. The van der Waals surface area contributed by atoms with Gasteiger partial charge in [-0.2, -0.15) is 0 Å². The highest BCUT2D eigenvalue weighted by molar-refractivity contribution is 7.09. The molecule has 3 aromatic rings. The monoisotopic (exact) mass is 564 g/mol. The molecule has 4 N–H and O–H groups in total. The van der Waals surface area contributed by atoms with Crippen LogP contribution in [0.15, 0.2) is 72.1 Å². The number of aryl methyl sites for hydroxylation is 1. The zero-order valence-corrected chi connectivity index (χ0v) is 24.5. The van der Waals surface area contributed by atoms with Gasteiger partial charge in [-0.25, -0.2) is 0 Å². The lowest BCUT2D eigenvalue weighted by atomic mass is 10.0. The van der Waals surface area contributed by atoms with E-state index in [-0.39, 0.29) is 31.3 Å². The number of hydrogen-bond acceptors (Lipinski definition) is 5. The lowest BCUT2D eigenvalue weighted by Gasteiger charge is -2.18. The molecule has 9 heteroatoms. The summed E-state index contributed by atoms with van der Waals surface area (Å²) in [5, 5.41) is 12.3. The summed E-state index contributed by atoms with van der Waals surface area (Å²) >= 11 is 1.46.